The predicted octanol–water partition coefficient (Wildman–Crippen LogP) is 1.57. The molecule has 0 bridgehead atoms. The van der Waals surface area contributed by atoms with Gasteiger partial charge >= 0.3 is 0 Å². The Morgan fingerprint density at radius 2 is 2.17 bits per heavy atom. The molecule has 7 heteroatoms. The third kappa shape index (κ3) is 2.50. The maximum Gasteiger partial charge on any atom is 0.276 e. The van der Waals surface area contributed by atoms with Crippen LogP contribution in [-0.2, 0) is 4.79 Å². The van der Waals surface area contributed by atoms with Crippen molar-refractivity contribution < 1.29 is 9.21 Å². The predicted molar refractivity (Wildman–Crippen MR) is 92.2 cm³/mol. The molecule has 1 N–H and O–H groups in total. The number of nitrogens with one attached hydrogen (secondary N) is 1. The van der Waals surface area contributed by atoms with Crippen molar-refractivity contribution in [3.8, 4) is 0 Å². The van der Waals surface area contributed by atoms with E-state index in [1.807, 2.05) is 36.4 Å². The molecule has 24 heavy (non-hydrogen) atoms. The summed E-state index contributed by atoms with van der Waals surface area (Å²) >= 11 is 1.53. The summed E-state index contributed by atoms with van der Waals surface area (Å²) in [5, 5.41) is 11.3. The summed E-state index contributed by atoms with van der Waals surface area (Å²) in [5.74, 6) is 1.38. The molecule has 6 nitrogen and oxygen atoms in total. The van der Waals surface area contributed by atoms with E-state index in [1.165, 1.54) is 11.8 Å². The number of fused-ring (bicyclic) bond motifs is 2. The number of hydrazone groups is 1. The lowest BCUT2D eigenvalue weighted by Gasteiger charge is -2.32. The Morgan fingerprint density at radius 1 is 1.29 bits per heavy atom. The van der Waals surface area contributed by atoms with Crippen LogP contribution in [0.3, 0.4) is 0 Å². The van der Waals surface area contributed by atoms with Gasteiger partial charge in [-0.05, 0) is 24.6 Å². The molecule has 0 saturated heterocycles. The van der Waals surface area contributed by atoms with E-state index >= 15 is 0 Å². The first-order chi connectivity index (χ1) is 11.8. The molecule has 3 heterocycles. The summed E-state index contributed by atoms with van der Waals surface area (Å²) in [5.41, 5.74) is 0.503. The lowest BCUT2D eigenvalue weighted by Crippen LogP contribution is -2.50. The number of hydrogen-bond acceptors (Lipinski definition) is 6. The van der Waals surface area contributed by atoms with Crippen LogP contribution < -0.4 is 15.9 Å². The molecule has 122 valence electrons. The lowest BCUT2D eigenvalue weighted by atomic mass is 10.1. The zero-order valence-electron chi connectivity index (χ0n) is 13.1. The van der Waals surface area contributed by atoms with Crippen LogP contribution in [0.1, 0.15) is 25.3 Å². The van der Waals surface area contributed by atoms with Gasteiger partial charge in [0.1, 0.15) is 11.5 Å². The molecule has 1 aromatic heterocycles. The van der Waals surface area contributed by atoms with Crippen molar-refractivity contribution in [3.05, 3.63) is 59.0 Å². The number of nitrogens with zero attached hydrogens (tertiary/aromatic N) is 3. The van der Waals surface area contributed by atoms with Crippen LogP contribution in [0.5, 0.6) is 0 Å². The Balaban J connectivity index is 1.89. The molecule has 0 radical (unpaired) electrons. The van der Waals surface area contributed by atoms with Crippen LogP contribution in [0.4, 0.5) is 0 Å². The minimum absolute atomic E-state index is 0.164. The minimum atomic E-state index is -0.479. The Bertz CT molecular complexity index is 920. The summed E-state index contributed by atoms with van der Waals surface area (Å²) in [6, 6.07) is 11.2. The van der Waals surface area contributed by atoms with Gasteiger partial charge in [-0.2, -0.15) is 0 Å². The number of amidine groups is 1. The van der Waals surface area contributed by atoms with Crippen molar-refractivity contribution >= 4 is 28.5 Å². The number of para-hydroxylation sites is 1. The SMILES string of the molecule is CCCSC1=NN2C(=c3ccccc3=N[C@H]2c2ccco2)C(=O)N1. The van der Waals surface area contributed by atoms with E-state index in [9.17, 15) is 4.79 Å². The average Bonchev–Trinajstić information content (AvgIpc) is 3.13. The van der Waals surface area contributed by atoms with Gasteiger partial charge in [-0.15, -0.1) is 5.10 Å². The third-order valence-electron chi connectivity index (χ3n) is 3.76. The van der Waals surface area contributed by atoms with Crippen molar-refractivity contribution in [2.75, 3.05) is 5.75 Å². The molecule has 1 aromatic carbocycles. The number of hydrogen-bond donors (Lipinski definition) is 1. The van der Waals surface area contributed by atoms with Crippen LogP contribution >= 0.6 is 11.8 Å². The van der Waals surface area contributed by atoms with Crippen molar-refractivity contribution in [1.82, 2.24) is 10.3 Å². The van der Waals surface area contributed by atoms with E-state index < -0.39 is 6.17 Å². The number of carbonyl (C=O) groups is 1. The highest BCUT2D eigenvalue weighted by Gasteiger charge is 2.35. The molecule has 4 rings (SSSR count). The van der Waals surface area contributed by atoms with Crippen LogP contribution in [0.2, 0.25) is 0 Å². The lowest BCUT2D eigenvalue weighted by molar-refractivity contribution is -0.116. The molecule has 1 amide bonds. The van der Waals surface area contributed by atoms with Gasteiger partial charge < -0.3 is 4.42 Å². The van der Waals surface area contributed by atoms with Crippen LogP contribution in [0.25, 0.3) is 5.70 Å². The number of benzene rings is 1. The molecule has 0 aliphatic carbocycles. The molecule has 2 aliphatic heterocycles. The summed E-state index contributed by atoms with van der Waals surface area (Å²) in [4.78, 5) is 17.5. The van der Waals surface area contributed by atoms with Gasteiger partial charge in [0.25, 0.3) is 5.91 Å². The highest BCUT2D eigenvalue weighted by molar-refractivity contribution is 8.13. The zero-order chi connectivity index (χ0) is 16.5. The summed E-state index contributed by atoms with van der Waals surface area (Å²) in [6.45, 7) is 2.09. The Kier molecular flexibility index (Phi) is 3.86. The monoisotopic (exact) mass is 340 g/mol. The maximum atomic E-state index is 12.7. The van der Waals surface area contributed by atoms with E-state index in [4.69, 9.17) is 9.41 Å². The smallest absolute Gasteiger partial charge is 0.276 e. The summed E-state index contributed by atoms with van der Waals surface area (Å²) in [7, 11) is 0. The number of furan rings is 1. The number of thioether (sulfide) groups is 1. The second-order valence-electron chi connectivity index (χ2n) is 5.44. The van der Waals surface area contributed by atoms with E-state index in [1.54, 1.807) is 11.3 Å². The minimum Gasteiger partial charge on any atom is -0.465 e. The Hall–Kier alpha value is -2.54. The molecule has 0 unspecified atom stereocenters. The fourth-order valence-electron chi connectivity index (χ4n) is 2.71. The van der Waals surface area contributed by atoms with Gasteiger partial charge in [0.15, 0.2) is 5.17 Å². The quantitative estimate of drug-likeness (QED) is 0.921. The van der Waals surface area contributed by atoms with E-state index in [0.29, 0.717) is 16.6 Å². The number of amides is 1. The first kappa shape index (κ1) is 15.0. The van der Waals surface area contributed by atoms with Crippen molar-refractivity contribution in [3.63, 3.8) is 0 Å². The summed E-state index contributed by atoms with van der Waals surface area (Å²) < 4.78 is 5.53. The van der Waals surface area contributed by atoms with Crippen molar-refractivity contribution in [2.45, 2.75) is 19.5 Å². The highest BCUT2D eigenvalue weighted by atomic mass is 32.2. The topological polar surface area (TPSA) is 70.2 Å². The van der Waals surface area contributed by atoms with Gasteiger partial charge in [-0.3, -0.25) is 10.1 Å². The largest absolute Gasteiger partial charge is 0.465 e. The van der Waals surface area contributed by atoms with E-state index in [0.717, 1.165) is 22.7 Å². The summed E-state index contributed by atoms with van der Waals surface area (Å²) in [6.07, 6.45) is 2.13. The third-order valence-corrected chi connectivity index (χ3v) is 4.83. The molecule has 2 aromatic rings. The molecule has 0 saturated carbocycles. The van der Waals surface area contributed by atoms with Gasteiger partial charge in [0, 0.05) is 11.0 Å². The van der Waals surface area contributed by atoms with Gasteiger partial charge in [-0.1, -0.05) is 36.9 Å². The molecular formula is C17H16N4O2S. The van der Waals surface area contributed by atoms with E-state index in [-0.39, 0.29) is 5.91 Å². The first-order valence-electron chi connectivity index (χ1n) is 7.80. The van der Waals surface area contributed by atoms with Crippen molar-refractivity contribution in [1.29, 1.82) is 0 Å². The molecule has 0 spiro atoms. The van der Waals surface area contributed by atoms with Gasteiger partial charge in [0.05, 0.1) is 11.6 Å². The van der Waals surface area contributed by atoms with E-state index in [2.05, 4.69) is 17.3 Å². The average molecular weight is 340 g/mol. The maximum absolute atomic E-state index is 12.7. The Labute approximate surface area is 142 Å². The number of rotatable bonds is 3. The highest BCUT2D eigenvalue weighted by Crippen LogP contribution is 2.30. The van der Waals surface area contributed by atoms with Crippen LogP contribution in [-0.4, -0.2) is 21.8 Å². The Morgan fingerprint density at radius 3 is 2.96 bits per heavy atom. The zero-order valence-corrected chi connectivity index (χ0v) is 13.9. The fourth-order valence-corrected chi connectivity index (χ4v) is 3.42. The van der Waals surface area contributed by atoms with Gasteiger partial charge in [-0.25, -0.2) is 10.0 Å². The first-order valence-corrected chi connectivity index (χ1v) is 8.79. The van der Waals surface area contributed by atoms with Crippen molar-refractivity contribution in [2.24, 2.45) is 10.1 Å². The van der Waals surface area contributed by atoms with Crippen LogP contribution in [0.15, 0.2) is 57.2 Å². The van der Waals surface area contributed by atoms with Crippen LogP contribution in [0, 0.1) is 0 Å². The fraction of sp³-hybridized carbons (Fsp3) is 0.235. The second-order valence-corrected chi connectivity index (χ2v) is 6.52. The molecule has 2 aliphatic rings. The second kappa shape index (κ2) is 6.16. The molecule has 1 atom stereocenters. The standard InChI is InChI=1S/C17H16N4O2S/c1-2-10-24-17-19-16(22)14-11-6-3-4-7-12(11)18-15(21(14)20-17)13-8-5-9-23-13/h3-9,15H,2,10H2,1H3,(H,19,20,22)/t15-/m1/s1. The molecular weight excluding hydrogens is 324 g/mol. The number of carbonyl (C=O) groups excluding carboxylic acids is 1. The van der Waals surface area contributed by atoms with Gasteiger partial charge in [0.2, 0.25) is 6.17 Å². The molecule has 0 fully saturated rings. The normalized spacial score (nSPS) is 19.1.